The minimum atomic E-state index is -0.844. The Morgan fingerprint density at radius 3 is 2.65 bits per heavy atom. The number of rotatable bonds is 3. The van der Waals surface area contributed by atoms with Crippen LogP contribution in [0.5, 0.6) is 0 Å². The molecule has 1 fully saturated rings. The second-order valence-electron chi connectivity index (χ2n) is 5.35. The third-order valence-corrected chi connectivity index (χ3v) is 3.83. The molecule has 2 atom stereocenters. The standard InChI is InChI=1S/C15H18FNO3/c1-9-5-6-12(8-13(9)16)17-14(18)10-3-2-4-11(7-10)15(19)20/h5-6,8,10-11H,2-4,7H2,1H3,(H,17,18)(H,19,20). The van der Waals surface area contributed by atoms with E-state index in [4.69, 9.17) is 5.11 Å². The highest BCUT2D eigenvalue weighted by molar-refractivity contribution is 5.93. The van der Waals surface area contributed by atoms with E-state index < -0.39 is 11.9 Å². The first-order valence-electron chi connectivity index (χ1n) is 6.77. The van der Waals surface area contributed by atoms with Crippen molar-refractivity contribution in [1.29, 1.82) is 0 Å². The maximum absolute atomic E-state index is 13.4. The second kappa shape index (κ2) is 6.03. The van der Waals surface area contributed by atoms with Crippen LogP contribution in [0.3, 0.4) is 0 Å². The summed E-state index contributed by atoms with van der Waals surface area (Å²) in [6, 6.07) is 4.53. The van der Waals surface area contributed by atoms with Gasteiger partial charge in [0.2, 0.25) is 5.91 Å². The van der Waals surface area contributed by atoms with Crippen LogP contribution in [-0.2, 0) is 9.59 Å². The molecule has 1 aromatic rings. The van der Waals surface area contributed by atoms with Crippen LogP contribution in [0.2, 0.25) is 0 Å². The van der Waals surface area contributed by atoms with Crippen molar-refractivity contribution in [2.45, 2.75) is 32.6 Å². The van der Waals surface area contributed by atoms with Crippen molar-refractivity contribution >= 4 is 17.6 Å². The van der Waals surface area contributed by atoms with Crippen LogP contribution in [0.1, 0.15) is 31.2 Å². The summed E-state index contributed by atoms with van der Waals surface area (Å²) in [6.07, 6.45) is 2.40. The number of aliphatic carboxylic acids is 1. The van der Waals surface area contributed by atoms with Gasteiger partial charge in [0.15, 0.2) is 0 Å². The van der Waals surface area contributed by atoms with Crippen molar-refractivity contribution < 1.29 is 19.1 Å². The summed E-state index contributed by atoms with van der Waals surface area (Å²) in [6.45, 7) is 1.65. The van der Waals surface area contributed by atoms with Crippen LogP contribution >= 0.6 is 0 Å². The topological polar surface area (TPSA) is 66.4 Å². The van der Waals surface area contributed by atoms with E-state index >= 15 is 0 Å². The third-order valence-electron chi connectivity index (χ3n) is 3.83. The average molecular weight is 279 g/mol. The fourth-order valence-electron chi connectivity index (χ4n) is 2.57. The third kappa shape index (κ3) is 3.35. The van der Waals surface area contributed by atoms with E-state index in [2.05, 4.69) is 5.32 Å². The molecule has 2 N–H and O–H groups in total. The first-order valence-corrected chi connectivity index (χ1v) is 6.77. The van der Waals surface area contributed by atoms with E-state index in [9.17, 15) is 14.0 Å². The van der Waals surface area contributed by atoms with E-state index in [1.54, 1.807) is 19.1 Å². The highest BCUT2D eigenvalue weighted by Crippen LogP contribution is 2.30. The highest BCUT2D eigenvalue weighted by atomic mass is 19.1. The monoisotopic (exact) mass is 279 g/mol. The summed E-state index contributed by atoms with van der Waals surface area (Å²) >= 11 is 0. The Labute approximate surface area is 117 Å². The molecule has 0 saturated heterocycles. The first-order chi connectivity index (χ1) is 9.47. The molecule has 0 bridgehead atoms. The molecule has 0 spiro atoms. The van der Waals surface area contributed by atoms with Crippen LogP contribution < -0.4 is 5.32 Å². The Hall–Kier alpha value is -1.91. The summed E-state index contributed by atoms with van der Waals surface area (Å²) in [5.41, 5.74) is 0.933. The van der Waals surface area contributed by atoms with Crippen LogP contribution in [0, 0.1) is 24.6 Å². The number of carboxylic acids is 1. The van der Waals surface area contributed by atoms with E-state index in [-0.39, 0.29) is 17.6 Å². The van der Waals surface area contributed by atoms with E-state index in [0.29, 0.717) is 30.5 Å². The van der Waals surface area contributed by atoms with Crippen molar-refractivity contribution in [3.05, 3.63) is 29.6 Å². The molecule has 0 aromatic heterocycles. The lowest BCUT2D eigenvalue weighted by molar-refractivity contribution is -0.143. The van der Waals surface area contributed by atoms with Gasteiger partial charge in [-0.15, -0.1) is 0 Å². The molecule has 5 heteroatoms. The van der Waals surface area contributed by atoms with Gasteiger partial charge in [-0.3, -0.25) is 9.59 Å². The predicted molar refractivity (Wildman–Crippen MR) is 72.9 cm³/mol. The number of carbonyl (C=O) groups excluding carboxylic acids is 1. The second-order valence-corrected chi connectivity index (χ2v) is 5.35. The molecule has 1 amide bonds. The van der Waals surface area contributed by atoms with Crippen molar-refractivity contribution in [2.24, 2.45) is 11.8 Å². The summed E-state index contributed by atoms with van der Waals surface area (Å²) in [5.74, 6) is -2.19. The number of hydrogen-bond acceptors (Lipinski definition) is 2. The van der Waals surface area contributed by atoms with Crippen molar-refractivity contribution in [3.8, 4) is 0 Å². The molecule has 0 aliphatic heterocycles. The Morgan fingerprint density at radius 2 is 2.00 bits per heavy atom. The van der Waals surface area contributed by atoms with E-state index in [1.807, 2.05) is 0 Å². The SMILES string of the molecule is Cc1ccc(NC(=O)C2CCCC(C(=O)O)C2)cc1F. The Morgan fingerprint density at radius 1 is 1.30 bits per heavy atom. The number of anilines is 1. The maximum atomic E-state index is 13.4. The van der Waals surface area contributed by atoms with Gasteiger partial charge in [0.25, 0.3) is 0 Å². The minimum Gasteiger partial charge on any atom is -0.481 e. The zero-order chi connectivity index (χ0) is 14.7. The van der Waals surface area contributed by atoms with Crippen LogP contribution in [0.25, 0.3) is 0 Å². The van der Waals surface area contributed by atoms with Crippen LogP contribution in [0.15, 0.2) is 18.2 Å². The number of nitrogens with one attached hydrogen (secondary N) is 1. The number of benzene rings is 1. The van der Waals surface area contributed by atoms with Gasteiger partial charge in [0, 0.05) is 11.6 Å². The Bertz CT molecular complexity index is 530. The fourth-order valence-corrected chi connectivity index (χ4v) is 2.57. The van der Waals surface area contributed by atoms with Gasteiger partial charge in [-0.1, -0.05) is 12.5 Å². The molecule has 0 radical (unpaired) electrons. The number of amides is 1. The lowest BCUT2D eigenvalue weighted by Crippen LogP contribution is -2.30. The maximum Gasteiger partial charge on any atom is 0.306 e. The zero-order valence-electron chi connectivity index (χ0n) is 11.4. The van der Waals surface area contributed by atoms with Gasteiger partial charge in [-0.25, -0.2) is 4.39 Å². The quantitative estimate of drug-likeness (QED) is 0.894. The van der Waals surface area contributed by atoms with Crippen molar-refractivity contribution in [3.63, 3.8) is 0 Å². The molecule has 2 unspecified atom stereocenters. The molecule has 1 saturated carbocycles. The number of halogens is 1. The molecule has 0 heterocycles. The number of aryl methyl sites for hydroxylation is 1. The van der Waals surface area contributed by atoms with Crippen molar-refractivity contribution in [1.82, 2.24) is 0 Å². The van der Waals surface area contributed by atoms with Crippen molar-refractivity contribution in [2.75, 3.05) is 5.32 Å². The summed E-state index contributed by atoms with van der Waals surface area (Å²) < 4.78 is 13.4. The number of carbonyl (C=O) groups is 2. The molecule has 4 nitrogen and oxygen atoms in total. The van der Waals surface area contributed by atoms with Crippen LogP contribution in [0.4, 0.5) is 10.1 Å². The smallest absolute Gasteiger partial charge is 0.306 e. The van der Waals surface area contributed by atoms with Gasteiger partial charge in [-0.05, 0) is 43.9 Å². The van der Waals surface area contributed by atoms with E-state index in [0.717, 1.165) is 6.42 Å². The Balaban J connectivity index is 2.00. The molecule has 1 aromatic carbocycles. The van der Waals surface area contributed by atoms with Gasteiger partial charge < -0.3 is 10.4 Å². The lowest BCUT2D eigenvalue weighted by Gasteiger charge is -2.25. The predicted octanol–water partition coefficient (Wildman–Crippen LogP) is 2.96. The largest absolute Gasteiger partial charge is 0.481 e. The summed E-state index contributed by atoms with van der Waals surface area (Å²) in [4.78, 5) is 23.1. The summed E-state index contributed by atoms with van der Waals surface area (Å²) in [7, 11) is 0. The molecule has 1 aliphatic rings. The summed E-state index contributed by atoms with van der Waals surface area (Å²) in [5, 5.41) is 11.7. The number of carboxylic acid groups (broad SMARTS) is 1. The molecule has 1 aliphatic carbocycles. The normalized spacial score (nSPS) is 22.3. The number of hydrogen-bond donors (Lipinski definition) is 2. The molecular formula is C15H18FNO3. The molecule has 2 rings (SSSR count). The van der Waals surface area contributed by atoms with Gasteiger partial charge >= 0.3 is 5.97 Å². The molecular weight excluding hydrogens is 261 g/mol. The van der Waals surface area contributed by atoms with E-state index in [1.165, 1.54) is 6.07 Å². The lowest BCUT2D eigenvalue weighted by atomic mass is 9.81. The minimum absolute atomic E-state index is 0.223. The highest BCUT2D eigenvalue weighted by Gasteiger charge is 2.31. The molecule has 108 valence electrons. The van der Waals surface area contributed by atoms with Gasteiger partial charge in [0.05, 0.1) is 5.92 Å². The van der Waals surface area contributed by atoms with Crippen LogP contribution in [-0.4, -0.2) is 17.0 Å². The fraction of sp³-hybridized carbons (Fsp3) is 0.467. The zero-order valence-corrected chi connectivity index (χ0v) is 11.4. The first kappa shape index (κ1) is 14.5. The average Bonchev–Trinajstić information content (AvgIpc) is 2.43. The van der Waals surface area contributed by atoms with Gasteiger partial charge in [-0.2, -0.15) is 0 Å². The molecule has 20 heavy (non-hydrogen) atoms. The Kier molecular flexibility index (Phi) is 4.37. The van der Waals surface area contributed by atoms with Gasteiger partial charge in [0.1, 0.15) is 5.82 Å².